The van der Waals surface area contributed by atoms with Crippen LogP contribution in [-0.2, 0) is 18.3 Å². The van der Waals surface area contributed by atoms with Crippen LogP contribution >= 0.6 is 11.6 Å². The molecule has 9 nitrogen and oxygen atoms in total. The first kappa shape index (κ1) is 21.6. The number of nitrogens with zero attached hydrogens (tertiary/aromatic N) is 5. The first-order chi connectivity index (χ1) is 16.0. The standard InChI is InChI=1S/C23H24ClN7O2/c1-30-13-18(20(24)29-30)27-23-26-10-15-8-17(14-6-4-3-5-7-14)22(32)31(21(15)28-23)12-16-9-25-11-19(16)33-2/h3-8,10,13,16,19,25H,9,11-12H2,1-2H3,(H,26,27,28)/t16-,19+/m0/s1. The summed E-state index contributed by atoms with van der Waals surface area (Å²) in [6.07, 6.45) is 3.49. The summed E-state index contributed by atoms with van der Waals surface area (Å²) in [5, 5.41) is 11.7. The topological polar surface area (TPSA) is 98.9 Å². The van der Waals surface area contributed by atoms with Gasteiger partial charge in [-0.1, -0.05) is 41.9 Å². The zero-order valence-corrected chi connectivity index (χ0v) is 19.1. The number of benzene rings is 1. The molecule has 33 heavy (non-hydrogen) atoms. The first-order valence-electron chi connectivity index (χ1n) is 10.7. The zero-order chi connectivity index (χ0) is 22.9. The van der Waals surface area contributed by atoms with Gasteiger partial charge in [0.2, 0.25) is 5.95 Å². The molecular weight excluding hydrogens is 442 g/mol. The molecule has 2 atom stereocenters. The number of anilines is 2. The minimum absolute atomic E-state index is 0.0287. The molecule has 5 rings (SSSR count). The van der Waals surface area contributed by atoms with Gasteiger partial charge in [-0.25, -0.2) is 4.98 Å². The third kappa shape index (κ3) is 4.22. The number of hydrogen-bond donors (Lipinski definition) is 2. The molecule has 1 aliphatic rings. The highest BCUT2D eigenvalue weighted by Crippen LogP contribution is 2.25. The van der Waals surface area contributed by atoms with Crippen LogP contribution in [0.4, 0.5) is 11.6 Å². The van der Waals surface area contributed by atoms with Crippen molar-refractivity contribution in [1.82, 2.24) is 29.6 Å². The fraction of sp³-hybridized carbons (Fsp3) is 0.304. The molecule has 0 spiro atoms. The van der Waals surface area contributed by atoms with Gasteiger partial charge >= 0.3 is 0 Å². The van der Waals surface area contributed by atoms with Gasteiger partial charge in [-0.05, 0) is 11.6 Å². The SMILES string of the molecule is CO[C@@H]1CNC[C@H]1Cn1c(=O)c(-c2ccccc2)cc2cnc(Nc3cn(C)nc3Cl)nc21. The highest BCUT2D eigenvalue weighted by molar-refractivity contribution is 6.32. The number of aromatic nitrogens is 5. The van der Waals surface area contributed by atoms with E-state index in [1.165, 1.54) is 0 Å². The lowest BCUT2D eigenvalue weighted by atomic mass is 10.0. The Morgan fingerprint density at radius 3 is 2.82 bits per heavy atom. The number of halogens is 1. The number of rotatable bonds is 6. The van der Waals surface area contributed by atoms with Crippen molar-refractivity contribution in [3.63, 3.8) is 0 Å². The molecule has 0 bridgehead atoms. The molecule has 170 valence electrons. The van der Waals surface area contributed by atoms with Gasteiger partial charge in [-0.2, -0.15) is 10.1 Å². The number of hydrogen-bond acceptors (Lipinski definition) is 7. The third-order valence-corrected chi connectivity index (χ3v) is 6.22. The molecule has 1 saturated heterocycles. The Balaban J connectivity index is 1.63. The molecule has 4 aromatic rings. The first-order valence-corrected chi connectivity index (χ1v) is 11.1. The van der Waals surface area contributed by atoms with Crippen LogP contribution in [0.3, 0.4) is 0 Å². The van der Waals surface area contributed by atoms with Crippen LogP contribution in [0.15, 0.2) is 53.6 Å². The molecule has 4 heterocycles. The summed E-state index contributed by atoms with van der Waals surface area (Å²) in [6, 6.07) is 11.5. The molecular formula is C23H24ClN7O2. The van der Waals surface area contributed by atoms with E-state index in [1.54, 1.807) is 35.8 Å². The Labute approximate surface area is 195 Å². The van der Waals surface area contributed by atoms with E-state index in [2.05, 4.69) is 20.7 Å². The van der Waals surface area contributed by atoms with Crippen molar-refractivity contribution in [2.75, 3.05) is 25.5 Å². The van der Waals surface area contributed by atoms with Crippen LogP contribution in [0.25, 0.3) is 22.2 Å². The number of nitrogens with one attached hydrogen (secondary N) is 2. The summed E-state index contributed by atoms with van der Waals surface area (Å²) < 4.78 is 8.97. The predicted octanol–water partition coefficient (Wildman–Crippen LogP) is 2.82. The van der Waals surface area contributed by atoms with Gasteiger partial charge < -0.3 is 15.4 Å². The van der Waals surface area contributed by atoms with Crippen molar-refractivity contribution in [1.29, 1.82) is 0 Å². The summed E-state index contributed by atoms with van der Waals surface area (Å²) >= 11 is 6.18. The quantitative estimate of drug-likeness (QED) is 0.451. The Morgan fingerprint density at radius 2 is 2.09 bits per heavy atom. The Bertz CT molecular complexity index is 1350. The predicted molar refractivity (Wildman–Crippen MR) is 128 cm³/mol. The van der Waals surface area contributed by atoms with Crippen molar-refractivity contribution in [2.24, 2.45) is 13.0 Å². The van der Waals surface area contributed by atoms with Crippen molar-refractivity contribution in [3.8, 4) is 11.1 Å². The van der Waals surface area contributed by atoms with Crippen molar-refractivity contribution >= 4 is 34.3 Å². The van der Waals surface area contributed by atoms with Gasteiger partial charge in [0.15, 0.2) is 5.15 Å². The highest BCUT2D eigenvalue weighted by atomic mass is 35.5. The average molecular weight is 466 g/mol. The van der Waals surface area contributed by atoms with E-state index in [-0.39, 0.29) is 17.6 Å². The lowest BCUT2D eigenvalue weighted by Gasteiger charge is -2.20. The molecule has 3 aromatic heterocycles. The third-order valence-electron chi connectivity index (χ3n) is 5.94. The van der Waals surface area contributed by atoms with Crippen LogP contribution in [0, 0.1) is 5.92 Å². The molecule has 1 aromatic carbocycles. The molecule has 0 amide bonds. The lowest BCUT2D eigenvalue weighted by Crippen LogP contribution is -2.31. The van der Waals surface area contributed by atoms with Crippen LogP contribution < -0.4 is 16.2 Å². The second kappa shape index (κ2) is 8.93. The highest BCUT2D eigenvalue weighted by Gasteiger charge is 2.28. The number of methoxy groups -OCH3 is 1. The van der Waals surface area contributed by atoms with Crippen molar-refractivity contribution in [3.05, 3.63) is 64.3 Å². The number of pyridine rings is 1. The summed E-state index contributed by atoms with van der Waals surface area (Å²) in [5.74, 6) is 0.479. The van der Waals surface area contributed by atoms with Gasteiger partial charge in [0.1, 0.15) is 5.65 Å². The summed E-state index contributed by atoms with van der Waals surface area (Å²) in [5.41, 5.74) is 2.52. The van der Waals surface area contributed by atoms with Crippen molar-refractivity contribution < 1.29 is 4.74 Å². The second-order valence-corrected chi connectivity index (χ2v) is 8.50. The van der Waals surface area contributed by atoms with Gasteiger partial charge in [-0.15, -0.1) is 0 Å². The number of aryl methyl sites for hydroxylation is 1. The minimum atomic E-state index is -0.0977. The maximum absolute atomic E-state index is 13.7. The maximum Gasteiger partial charge on any atom is 0.260 e. The van der Waals surface area contributed by atoms with Gasteiger partial charge in [-0.3, -0.25) is 14.0 Å². The number of ether oxygens (including phenoxy) is 1. The monoisotopic (exact) mass is 465 g/mol. The molecule has 0 aliphatic carbocycles. The van der Waals surface area contributed by atoms with Crippen LogP contribution in [0.1, 0.15) is 0 Å². The smallest absolute Gasteiger partial charge is 0.260 e. The van der Waals surface area contributed by atoms with E-state index in [0.717, 1.165) is 24.0 Å². The normalized spacial score (nSPS) is 18.2. The number of fused-ring (bicyclic) bond motifs is 1. The minimum Gasteiger partial charge on any atom is -0.380 e. The van der Waals surface area contributed by atoms with E-state index >= 15 is 0 Å². The molecule has 0 saturated carbocycles. The molecule has 0 unspecified atom stereocenters. The summed E-state index contributed by atoms with van der Waals surface area (Å²) in [4.78, 5) is 22.8. The molecule has 10 heteroatoms. The van der Waals surface area contributed by atoms with Gasteiger partial charge in [0, 0.05) is 63.1 Å². The average Bonchev–Trinajstić information content (AvgIpc) is 3.41. The molecule has 1 aliphatic heterocycles. The van der Waals surface area contributed by atoms with E-state index in [9.17, 15) is 4.79 Å². The van der Waals surface area contributed by atoms with Crippen LogP contribution in [0.2, 0.25) is 5.15 Å². The van der Waals surface area contributed by atoms with E-state index in [0.29, 0.717) is 34.5 Å². The maximum atomic E-state index is 13.7. The van der Waals surface area contributed by atoms with Crippen LogP contribution in [0.5, 0.6) is 0 Å². The van der Waals surface area contributed by atoms with E-state index < -0.39 is 0 Å². The Morgan fingerprint density at radius 1 is 1.27 bits per heavy atom. The fourth-order valence-corrected chi connectivity index (χ4v) is 4.50. The van der Waals surface area contributed by atoms with Gasteiger partial charge in [0.05, 0.1) is 11.8 Å². The largest absolute Gasteiger partial charge is 0.380 e. The summed E-state index contributed by atoms with van der Waals surface area (Å²) in [7, 11) is 3.48. The van der Waals surface area contributed by atoms with Crippen molar-refractivity contribution in [2.45, 2.75) is 12.6 Å². The lowest BCUT2D eigenvalue weighted by molar-refractivity contribution is 0.0770. The van der Waals surface area contributed by atoms with Crippen LogP contribution in [-0.4, -0.2) is 50.6 Å². The molecule has 2 N–H and O–H groups in total. The second-order valence-electron chi connectivity index (χ2n) is 8.14. The Hall–Kier alpha value is -3.27. The zero-order valence-electron chi connectivity index (χ0n) is 18.3. The van der Waals surface area contributed by atoms with E-state index in [1.807, 2.05) is 36.4 Å². The molecule has 1 fully saturated rings. The Kier molecular flexibility index (Phi) is 5.84. The fourth-order valence-electron chi connectivity index (χ4n) is 4.28. The van der Waals surface area contributed by atoms with E-state index in [4.69, 9.17) is 21.3 Å². The molecule has 0 radical (unpaired) electrons. The van der Waals surface area contributed by atoms with Gasteiger partial charge in [0.25, 0.3) is 5.56 Å². The summed E-state index contributed by atoms with van der Waals surface area (Å²) in [6.45, 7) is 2.00.